The van der Waals surface area contributed by atoms with Crippen LogP contribution < -0.4 is 5.32 Å². The monoisotopic (exact) mass is 734 g/mol. The first kappa shape index (κ1) is 50.3. The van der Waals surface area contributed by atoms with E-state index >= 15 is 0 Å². The standard InChI is InChI=1S/C46H87NO5/c1-3-5-7-9-11-13-15-16-19-22-26-30-34-38-44(49)43(42-48)47-45(50)39-35-31-27-23-20-17-21-25-29-33-37-41-52-46(51)40-36-32-28-24-18-14-12-10-8-6-4-2/h10,12,21,25,43-44,48-49H,3-9,11,13-20,22-24,26-42H2,1-2H3,(H,47,50)/b12-10-,25-21-. The molecular formula is C46H87NO5. The van der Waals surface area contributed by atoms with Gasteiger partial charge in [0.1, 0.15) is 0 Å². The molecule has 2 atom stereocenters. The molecule has 52 heavy (non-hydrogen) atoms. The van der Waals surface area contributed by atoms with Crippen molar-refractivity contribution in [2.75, 3.05) is 13.2 Å². The maximum atomic E-state index is 12.4. The summed E-state index contributed by atoms with van der Waals surface area (Å²) in [7, 11) is 0. The lowest BCUT2D eigenvalue weighted by molar-refractivity contribution is -0.143. The number of hydrogen-bond acceptors (Lipinski definition) is 5. The summed E-state index contributed by atoms with van der Waals surface area (Å²) >= 11 is 0. The Morgan fingerprint density at radius 3 is 1.42 bits per heavy atom. The van der Waals surface area contributed by atoms with Gasteiger partial charge in [-0.15, -0.1) is 0 Å². The van der Waals surface area contributed by atoms with Gasteiger partial charge in [-0.1, -0.05) is 173 Å². The summed E-state index contributed by atoms with van der Waals surface area (Å²) in [6.45, 7) is 4.82. The first-order valence-electron chi connectivity index (χ1n) is 22.6. The van der Waals surface area contributed by atoms with Crippen molar-refractivity contribution in [3.8, 4) is 0 Å². The number of ether oxygens (including phenoxy) is 1. The van der Waals surface area contributed by atoms with Gasteiger partial charge in [0.05, 0.1) is 25.4 Å². The van der Waals surface area contributed by atoms with Crippen molar-refractivity contribution >= 4 is 11.9 Å². The first-order chi connectivity index (χ1) is 25.5. The predicted molar refractivity (Wildman–Crippen MR) is 223 cm³/mol. The Balaban J connectivity index is 3.55. The molecule has 0 rings (SSSR count). The molecule has 0 bridgehead atoms. The summed E-state index contributed by atoms with van der Waals surface area (Å²) in [4.78, 5) is 24.3. The second kappa shape index (κ2) is 42.1. The summed E-state index contributed by atoms with van der Waals surface area (Å²) < 4.78 is 5.40. The van der Waals surface area contributed by atoms with Crippen molar-refractivity contribution in [1.82, 2.24) is 5.32 Å². The van der Waals surface area contributed by atoms with Crippen molar-refractivity contribution in [3.05, 3.63) is 24.3 Å². The molecule has 0 aliphatic rings. The third kappa shape index (κ3) is 38.1. The fourth-order valence-corrected chi connectivity index (χ4v) is 6.67. The number of carbonyl (C=O) groups excluding carboxylic acids is 2. The zero-order chi connectivity index (χ0) is 38.0. The van der Waals surface area contributed by atoms with Crippen LogP contribution in [-0.2, 0) is 14.3 Å². The summed E-state index contributed by atoms with van der Waals surface area (Å²) in [5.41, 5.74) is 0. The summed E-state index contributed by atoms with van der Waals surface area (Å²) in [6.07, 6.45) is 47.0. The molecule has 6 nitrogen and oxygen atoms in total. The lowest BCUT2D eigenvalue weighted by atomic mass is 10.0. The van der Waals surface area contributed by atoms with Gasteiger partial charge in [-0.25, -0.2) is 0 Å². The van der Waals surface area contributed by atoms with E-state index in [4.69, 9.17) is 4.74 Å². The smallest absolute Gasteiger partial charge is 0.305 e. The molecule has 0 saturated heterocycles. The van der Waals surface area contributed by atoms with Crippen molar-refractivity contribution in [2.24, 2.45) is 0 Å². The van der Waals surface area contributed by atoms with Crippen LogP contribution in [0, 0.1) is 0 Å². The van der Waals surface area contributed by atoms with Crippen LogP contribution in [0.5, 0.6) is 0 Å². The highest BCUT2D eigenvalue weighted by molar-refractivity contribution is 5.76. The molecule has 0 spiro atoms. The number of hydrogen-bond donors (Lipinski definition) is 3. The number of rotatable bonds is 41. The van der Waals surface area contributed by atoms with E-state index in [0.29, 0.717) is 25.9 Å². The average molecular weight is 734 g/mol. The quantitative estimate of drug-likeness (QED) is 0.0330. The van der Waals surface area contributed by atoms with E-state index in [-0.39, 0.29) is 18.5 Å². The second-order valence-electron chi connectivity index (χ2n) is 15.4. The van der Waals surface area contributed by atoms with Gasteiger partial charge in [0.25, 0.3) is 0 Å². The third-order valence-corrected chi connectivity index (χ3v) is 10.2. The predicted octanol–water partition coefficient (Wildman–Crippen LogP) is 12.8. The Bertz CT molecular complexity index is 813. The zero-order valence-corrected chi connectivity index (χ0v) is 34.5. The van der Waals surface area contributed by atoms with Crippen LogP contribution in [0.15, 0.2) is 24.3 Å². The van der Waals surface area contributed by atoms with Gasteiger partial charge in [-0.3, -0.25) is 9.59 Å². The highest BCUT2D eigenvalue weighted by Gasteiger charge is 2.20. The molecule has 6 heteroatoms. The van der Waals surface area contributed by atoms with E-state index < -0.39 is 12.1 Å². The molecule has 0 aromatic heterocycles. The van der Waals surface area contributed by atoms with Gasteiger partial charge >= 0.3 is 5.97 Å². The minimum atomic E-state index is -0.681. The van der Waals surface area contributed by atoms with E-state index in [1.54, 1.807) is 0 Å². The molecule has 3 N–H and O–H groups in total. The highest BCUT2D eigenvalue weighted by atomic mass is 16.5. The second-order valence-corrected chi connectivity index (χ2v) is 15.4. The zero-order valence-electron chi connectivity index (χ0n) is 34.5. The lowest BCUT2D eigenvalue weighted by Crippen LogP contribution is -2.45. The number of amides is 1. The first-order valence-corrected chi connectivity index (χ1v) is 22.6. The van der Waals surface area contributed by atoms with E-state index in [0.717, 1.165) is 83.5 Å². The number of nitrogens with one attached hydrogen (secondary N) is 1. The Kier molecular flexibility index (Phi) is 40.7. The minimum Gasteiger partial charge on any atom is -0.466 e. The van der Waals surface area contributed by atoms with Crippen molar-refractivity contribution < 1.29 is 24.5 Å². The van der Waals surface area contributed by atoms with Crippen molar-refractivity contribution in [2.45, 2.75) is 244 Å². The fourth-order valence-electron chi connectivity index (χ4n) is 6.67. The number of aliphatic hydroxyl groups is 2. The Morgan fingerprint density at radius 1 is 0.519 bits per heavy atom. The highest BCUT2D eigenvalue weighted by Crippen LogP contribution is 2.15. The fraction of sp³-hybridized carbons (Fsp3) is 0.870. The van der Waals surface area contributed by atoms with E-state index in [1.165, 1.54) is 116 Å². The summed E-state index contributed by atoms with van der Waals surface area (Å²) in [5, 5.41) is 23.1. The normalized spacial score (nSPS) is 12.9. The van der Waals surface area contributed by atoms with Gasteiger partial charge in [0, 0.05) is 12.8 Å². The average Bonchev–Trinajstić information content (AvgIpc) is 3.14. The lowest BCUT2D eigenvalue weighted by Gasteiger charge is -2.22. The van der Waals surface area contributed by atoms with Gasteiger partial charge in [0.15, 0.2) is 0 Å². The minimum absolute atomic E-state index is 0.0430. The van der Waals surface area contributed by atoms with E-state index in [2.05, 4.69) is 43.5 Å². The van der Waals surface area contributed by atoms with Crippen LogP contribution in [0.1, 0.15) is 232 Å². The topological polar surface area (TPSA) is 95.9 Å². The molecule has 1 amide bonds. The van der Waals surface area contributed by atoms with Gasteiger partial charge in [0.2, 0.25) is 5.91 Å². The SMILES string of the molecule is CCCC/C=C\CCCCCCCC(=O)OCCCC/C=C\CCCCCCCC(=O)NC(CO)C(O)CCCCCCCCCCCCCCC. The number of allylic oxidation sites excluding steroid dienone is 4. The molecular weight excluding hydrogens is 647 g/mol. The molecule has 0 aromatic carbocycles. The van der Waals surface area contributed by atoms with Crippen LogP contribution >= 0.6 is 0 Å². The van der Waals surface area contributed by atoms with Crippen LogP contribution in [0.4, 0.5) is 0 Å². The molecule has 0 aliphatic heterocycles. The molecule has 306 valence electrons. The Labute approximate surface area is 322 Å². The number of carbonyl (C=O) groups is 2. The van der Waals surface area contributed by atoms with Crippen molar-refractivity contribution in [1.29, 1.82) is 0 Å². The molecule has 2 unspecified atom stereocenters. The van der Waals surface area contributed by atoms with Gasteiger partial charge in [-0.2, -0.15) is 0 Å². The van der Waals surface area contributed by atoms with Gasteiger partial charge < -0.3 is 20.3 Å². The molecule has 0 heterocycles. The van der Waals surface area contributed by atoms with Crippen LogP contribution in [0.3, 0.4) is 0 Å². The number of esters is 1. The summed E-state index contributed by atoms with van der Waals surface area (Å²) in [6, 6.07) is -0.561. The van der Waals surface area contributed by atoms with Gasteiger partial charge in [-0.05, 0) is 70.6 Å². The molecule has 0 radical (unpaired) electrons. The molecule has 0 fully saturated rings. The van der Waals surface area contributed by atoms with Crippen LogP contribution in [0.2, 0.25) is 0 Å². The maximum absolute atomic E-state index is 12.4. The third-order valence-electron chi connectivity index (χ3n) is 10.2. The van der Waals surface area contributed by atoms with Crippen LogP contribution in [0.25, 0.3) is 0 Å². The van der Waals surface area contributed by atoms with E-state index in [9.17, 15) is 19.8 Å². The van der Waals surface area contributed by atoms with E-state index in [1.807, 2.05) is 0 Å². The molecule has 0 aliphatic carbocycles. The van der Waals surface area contributed by atoms with Crippen LogP contribution in [-0.4, -0.2) is 47.4 Å². The Hall–Kier alpha value is -1.66. The largest absolute Gasteiger partial charge is 0.466 e. The Morgan fingerprint density at radius 2 is 0.923 bits per heavy atom. The number of aliphatic hydroxyl groups excluding tert-OH is 2. The van der Waals surface area contributed by atoms with Crippen molar-refractivity contribution in [3.63, 3.8) is 0 Å². The number of unbranched alkanes of at least 4 members (excludes halogenated alkanes) is 26. The maximum Gasteiger partial charge on any atom is 0.305 e. The summed E-state index contributed by atoms with van der Waals surface area (Å²) in [5.74, 6) is -0.109. The molecule has 0 saturated carbocycles. The molecule has 0 aromatic rings.